The molecule has 1 aliphatic heterocycles. The van der Waals surface area contributed by atoms with Crippen LogP contribution in [-0.2, 0) is 16.1 Å². The number of rotatable bonds is 5. The first-order chi connectivity index (χ1) is 11.1. The second kappa shape index (κ2) is 8.06. The van der Waals surface area contributed by atoms with E-state index in [-0.39, 0.29) is 5.57 Å². The molecule has 0 saturated heterocycles. The predicted molar refractivity (Wildman–Crippen MR) is 90.8 cm³/mol. The monoisotopic (exact) mass is 354 g/mol. The molecule has 1 heterocycles. The highest BCUT2D eigenvalue weighted by atomic mass is 35.5. The summed E-state index contributed by atoms with van der Waals surface area (Å²) in [7, 11) is 1.56. The third-order valence-corrected chi connectivity index (χ3v) is 3.75. The molecule has 1 N–H and O–H groups in total. The molecule has 0 fully saturated rings. The highest BCUT2D eigenvalue weighted by Gasteiger charge is 2.23. The Morgan fingerprint density at radius 1 is 1.43 bits per heavy atom. The SMILES string of the molecule is CCOC1=CC(=C=O)C(Cl)NC1=NCc1ccc(OC)c(Cl)c1. The number of hydrogen-bond acceptors (Lipinski definition) is 4. The van der Waals surface area contributed by atoms with Crippen LogP contribution in [-0.4, -0.2) is 31.0 Å². The van der Waals surface area contributed by atoms with Crippen LogP contribution < -0.4 is 10.1 Å². The van der Waals surface area contributed by atoms with E-state index >= 15 is 0 Å². The minimum atomic E-state index is -0.685. The lowest BCUT2D eigenvalue weighted by Gasteiger charge is -2.22. The minimum Gasteiger partial charge on any atom is -0.495 e. The molecule has 5 nitrogen and oxygen atoms in total. The van der Waals surface area contributed by atoms with Crippen molar-refractivity contribution in [3.63, 3.8) is 0 Å². The first-order valence-corrected chi connectivity index (χ1v) is 7.77. The Bertz CT molecular complexity index is 695. The van der Waals surface area contributed by atoms with E-state index in [1.807, 2.05) is 13.0 Å². The van der Waals surface area contributed by atoms with Crippen LogP contribution >= 0.6 is 23.2 Å². The van der Waals surface area contributed by atoms with E-state index in [1.54, 1.807) is 31.3 Å². The largest absolute Gasteiger partial charge is 0.495 e. The number of carbonyl (C=O) groups excluding carboxylic acids is 1. The first kappa shape index (κ1) is 17.4. The summed E-state index contributed by atoms with van der Waals surface area (Å²) in [4.78, 5) is 15.3. The Morgan fingerprint density at radius 2 is 2.22 bits per heavy atom. The maximum absolute atomic E-state index is 10.9. The molecule has 0 bridgehead atoms. The van der Waals surface area contributed by atoms with Gasteiger partial charge in [-0.1, -0.05) is 29.3 Å². The summed E-state index contributed by atoms with van der Waals surface area (Å²) < 4.78 is 10.6. The molecule has 23 heavy (non-hydrogen) atoms. The molecule has 1 atom stereocenters. The molecule has 0 spiro atoms. The molecule has 0 aliphatic carbocycles. The maximum atomic E-state index is 10.9. The smallest absolute Gasteiger partial charge is 0.165 e. The number of benzene rings is 1. The van der Waals surface area contributed by atoms with Crippen molar-refractivity contribution in [1.29, 1.82) is 0 Å². The number of methoxy groups -OCH3 is 1. The van der Waals surface area contributed by atoms with Crippen LogP contribution in [0, 0.1) is 0 Å². The van der Waals surface area contributed by atoms with Crippen molar-refractivity contribution in [1.82, 2.24) is 5.32 Å². The van der Waals surface area contributed by atoms with E-state index in [4.69, 9.17) is 32.7 Å². The number of aliphatic imine (C=N–C) groups is 1. The normalized spacial score (nSPS) is 19.0. The summed E-state index contributed by atoms with van der Waals surface area (Å²) in [6.45, 7) is 2.67. The van der Waals surface area contributed by atoms with Crippen LogP contribution in [0.3, 0.4) is 0 Å². The van der Waals surface area contributed by atoms with Gasteiger partial charge in [0, 0.05) is 6.08 Å². The zero-order valence-electron chi connectivity index (χ0n) is 12.7. The van der Waals surface area contributed by atoms with Crippen molar-refractivity contribution in [2.75, 3.05) is 13.7 Å². The van der Waals surface area contributed by atoms with Crippen molar-refractivity contribution < 1.29 is 14.3 Å². The Kier molecular flexibility index (Phi) is 6.11. The quantitative estimate of drug-likeness (QED) is 0.501. The van der Waals surface area contributed by atoms with Gasteiger partial charge in [-0.3, -0.25) is 4.99 Å². The van der Waals surface area contributed by atoms with E-state index in [0.29, 0.717) is 35.5 Å². The predicted octanol–water partition coefficient (Wildman–Crippen LogP) is 3.09. The number of nitrogens with one attached hydrogen (secondary N) is 1. The zero-order valence-corrected chi connectivity index (χ0v) is 14.2. The van der Waals surface area contributed by atoms with Crippen LogP contribution in [0.5, 0.6) is 5.75 Å². The third kappa shape index (κ3) is 4.29. The second-order valence-corrected chi connectivity index (χ2v) is 5.48. The van der Waals surface area contributed by atoms with Gasteiger partial charge >= 0.3 is 0 Å². The summed E-state index contributed by atoms with van der Waals surface area (Å²) in [6, 6.07) is 5.44. The number of nitrogens with zero attached hydrogens (tertiary/aromatic N) is 1. The third-order valence-electron chi connectivity index (χ3n) is 3.11. The molecule has 1 aliphatic rings. The van der Waals surface area contributed by atoms with Crippen molar-refractivity contribution in [3.8, 4) is 5.75 Å². The van der Waals surface area contributed by atoms with E-state index in [2.05, 4.69) is 10.3 Å². The molecule has 1 unspecified atom stereocenters. The lowest BCUT2D eigenvalue weighted by Crippen LogP contribution is -2.38. The first-order valence-electron chi connectivity index (χ1n) is 6.96. The van der Waals surface area contributed by atoms with E-state index < -0.39 is 5.50 Å². The molecule has 0 saturated carbocycles. The molecule has 0 radical (unpaired) electrons. The van der Waals surface area contributed by atoms with Crippen LogP contribution in [0.4, 0.5) is 0 Å². The standard InChI is InChI=1S/C16H16Cl2N2O3/c1-3-23-14-7-11(9-21)15(18)20-16(14)19-8-10-4-5-13(22-2)12(17)6-10/h4-7,15H,3,8H2,1-2H3,(H,19,20). The number of halogens is 2. The van der Waals surface area contributed by atoms with Crippen molar-refractivity contribution >= 4 is 35.0 Å². The van der Waals surface area contributed by atoms with Gasteiger partial charge in [0.2, 0.25) is 0 Å². The van der Waals surface area contributed by atoms with Gasteiger partial charge in [0.05, 0.1) is 30.9 Å². The second-order valence-electron chi connectivity index (χ2n) is 4.64. The lowest BCUT2D eigenvalue weighted by atomic mass is 10.1. The fourth-order valence-corrected chi connectivity index (χ4v) is 2.49. The van der Waals surface area contributed by atoms with E-state index in [0.717, 1.165) is 5.56 Å². The van der Waals surface area contributed by atoms with Gasteiger partial charge in [-0.25, -0.2) is 4.79 Å². The van der Waals surface area contributed by atoms with Gasteiger partial charge in [0.1, 0.15) is 17.2 Å². The van der Waals surface area contributed by atoms with Gasteiger partial charge in [-0.05, 0) is 24.6 Å². The van der Waals surface area contributed by atoms with Gasteiger partial charge in [-0.2, -0.15) is 0 Å². The number of amidine groups is 1. The molecule has 1 aromatic rings. The fraction of sp³-hybridized carbons (Fsp3) is 0.312. The van der Waals surface area contributed by atoms with Crippen molar-refractivity contribution in [2.24, 2.45) is 4.99 Å². The fourth-order valence-electron chi connectivity index (χ4n) is 2.00. The highest BCUT2D eigenvalue weighted by Crippen LogP contribution is 2.25. The van der Waals surface area contributed by atoms with Crippen molar-refractivity contribution in [2.45, 2.75) is 19.0 Å². The Balaban J connectivity index is 2.23. The van der Waals surface area contributed by atoms with Crippen LogP contribution in [0.25, 0.3) is 0 Å². The molecular weight excluding hydrogens is 339 g/mol. The van der Waals surface area contributed by atoms with Crippen LogP contribution in [0.2, 0.25) is 5.02 Å². The van der Waals surface area contributed by atoms with Gasteiger partial charge < -0.3 is 14.8 Å². The summed E-state index contributed by atoms with van der Waals surface area (Å²) in [5, 5.41) is 3.44. The molecule has 122 valence electrons. The lowest BCUT2D eigenvalue weighted by molar-refractivity contribution is 0.246. The Labute approximate surface area is 144 Å². The highest BCUT2D eigenvalue weighted by molar-refractivity contribution is 6.32. The molecule has 0 aromatic heterocycles. The Hall–Kier alpha value is -1.94. The average Bonchev–Trinajstić information content (AvgIpc) is 2.55. The average molecular weight is 355 g/mol. The van der Waals surface area contributed by atoms with Gasteiger partial charge in [-0.15, -0.1) is 0 Å². The molecule has 0 amide bonds. The molecule has 7 heteroatoms. The summed E-state index contributed by atoms with van der Waals surface area (Å²) in [5.41, 5.74) is 0.500. The van der Waals surface area contributed by atoms with Crippen LogP contribution in [0.1, 0.15) is 12.5 Å². The number of hydrogen-bond donors (Lipinski definition) is 1. The molecule has 2 rings (SSSR count). The maximum Gasteiger partial charge on any atom is 0.165 e. The van der Waals surface area contributed by atoms with Crippen molar-refractivity contribution in [3.05, 3.63) is 46.2 Å². The van der Waals surface area contributed by atoms with Gasteiger partial charge in [0.25, 0.3) is 0 Å². The van der Waals surface area contributed by atoms with Gasteiger partial charge in [0.15, 0.2) is 11.6 Å². The zero-order chi connectivity index (χ0) is 16.8. The Morgan fingerprint density at radius 3 is 2.83 bits per heavy atom. The molecule has 1 aromatic carbocycles. The summed E-state index contributed by atoms with van der Waals surface area (Å²) in [6.07, 6.45) is 1.55. The minimum absolute atomic E-state index is 0.279. The number of ether oxygens (including phenoxy) is 2. The number of alkyl halides is 1. The van der Waals surface area contributed by atoms with Crippen LogP contribution in [0.15, 0.2) is 40.6 Å². The topological polar surface area (TPSA) is 59.9 Å². The summed E-state index contributed by atoms with van der Waals surface area (Å²) in [5.74, 6) is 3.34. The van der Waals surface area contributed by atoms with E-state index in [1.165, 1.54) is 0 Å². The van der Waals surface area contributed by atoms with E-state index in [9.17, 15) is 4.79 Å². The molecular formula is C16H16Cl2N2O3. The summed E-state index contributed by atoms with van der Waals surface area (Å²) >= 11 is 12.2.